The second-order valence-electron chi connectivity index (χ2n) is 3.48. The predicted molar refractivity (Wildman–Crippen MR) is 33.8 cm³/mol. The predicted octanol–water partition coefficient (Wildman–Crippen LogP) is 1.29. The number of fused-ring (bicyclic) bond motifs is 2. The van der Waals surface area contributed by atoms with Crippen molar-refractivity contribution in [3.8, 4) is 0 Å². The Hall–Kier alpha value is -0.0400. The van der Waals surface area contributed by atoms with Crippen LogP contribution in [0.15, 0.2) is 0 Å². The highest BCUT2D eigenvalue weighted by molar-refractivity contribution is 5.00. The quantitative estimate of drug-likeness (QED) is 0.496. The van der Waals surface area contributed by atoms with Gasteiger partial charge in [0.2, 0.25) is 0 Å². The van der Waals surface area contributed by atoms with Crippen LogP contribution < -0.4 is 5.32 Å². The topological polar surface area (TPSA) is 12.0 Å². The van der Waals surface area contributed by atoms with E-state index in [0.717, 1.165) is 6.04 Å². The lowest BCUT2D eigenvalue weighted by Gasteiger charge is -2.18. The van der Waals surface area contributed by atoms with E-state index < -0.39 is 0 Å². The highest BCUT2D eigenvalue weighted by Gasteiger charge is 2.39. The van der Waals surface area contributed by atoms with Crippen molar-refractivity contribution in [3.05, 3.63) is 0 Å². The van der Waals surface area contributed by atoms with Gasteiger partial charge in [-0.05, 0) is 32.6 Å². The largest absolute Gasteiger partial charge is 0.309 e. The van der Waals surface area contributed by atoms with Crippen LogP contribution >= 0.6 is 0 Å². The molecule has 0 spiro atoms. The highest BCUT2D eigenvalue weighted by atomic mass is 15.1. The van der Waals surface area contributed by atoms with Gasteiger partial charge in [0.1, 0.15) is 0 Å². The monoisotopic (exact) mass is 111 g/mol. The van der Waals surface area contributed by atoms with E-state index in [4.69, 9.17) is 0 Å². The first-order valence-electron chi connectivity index (χ1n) is 3.56. The van der Waals surface area contributed by atoms with Crippen molar-refractivity contribution in [2.24, 2.45) is 0 Å². The van der Waals surface area contributed by atoms with Crippen molar-refractivity contribution in [1.29, 1.82) is 0 Å². The maximum absolute atomic E-state index is 3.60. The van der Waals surface area contributed by atoms with Crippen molar-refractivity contribution in [2.75, 3.05) is 0 Å². The van der Waals surface area contributed by atoms with Crippen LogP contribution in [0.3, 0.4) is 0 Å². The van der Waals surface area contributed by atoms with Gasteiger partial charge in [-0.3, -0.25) is 0 Å². The molecule has 0 unspecified atom stereocenters. The molecule has 2 aliphatic rings. The average Bonchev–Trinajstić information content (AvgIpc) is 2.21. The standard InChI is InChI=1S/C7H13N/c1-7-4-2-6(8-7)3-5-7/h6,8H,2-5H2,1H3. The zero-order valence-electron chi connectivity index (χ0n) is 5.41. The van der Waals surface area contributed by atoms with Gasteiger partial charge >= 0.3 is 0 Å². The summed E-state index contributed by atoms with van der Waals surface area (Å²) in [5.41, 5.74) is 0.560. The van der Waals surface area contributed by atoms with Gasteiger partial charge in [0.05, 0.1) is 0 Å². The highest BCUT2D eigenvalue weighted by Crippen LogP contribution is 2.36. The van der Waals surface area contributed by atoms with Crippen LogP contribution in [0.2, 0.25) is 0 Å². The third kappa shape index (κ3) is 0.510. The van der Waals surface area contributed by atoms with Gasteiger partial charge in [-0.1, -0.05) is 0 Å². The molecule has 2 fully saturated rings. The first-order chi connectivity index (χ1) is 3.79. The lowest BCUT2D eigenvalue weighted by Crippen LogP contribution is -2.31. The minimum absolute atomic E-state index is 0.560. The minimum Gasteiger partial charge on any atom is -0.309 e. The molecule has 0 amide bonds. The molecule has 0 aromatic rings. The number of rotatable bonds is 0. The fourth-order valence-electron chi connectivity index (χ4n) is 2.04. The Balaban J connectivity index is 2.19. The summed E-state index contributed by atoms with van der Waals surface area (Å²) in [6, 6.07) is 0.889. The molecule has 1 nitrogen and oxygen atoms in total. The van der Waals surface area contributed by atoms with Gasteiger partial charge in [0.25, 0.3) is 0 Å². The van der Waals surface area contributed by atoms with Crippen molar-refractivity contribution in [2.45, 2.75) is 44.2 Å². The molecule has 8 heavy (non-hydrogen) atoms. The summed E-state index contributed by atoms with van der Waals surface area (Å²) >= 11 is 0. The van der Waals surface area contributed by atoms with Gasteiger partial charge in [-0.25, -0.2) is 0 Å². The first kappa shape index (κ1) is 4.80. The van der Waals surface area contributed by atoms with E-state index in [1.165, 1.54) is 25.7 Å². The summed E-state index contributed by atoms with van der Waals surface area (Å²) in [5.74, 6) is 0. The summed E-state index contributed by atoms with van der Waals surface area (Å²) in [7, 11) is 0. The molecule has 0 saturated carbocycles. The van der Waals surface area contributed by atoms with Gasteiger partial charge in [-0.2, -0.15) is 0 Å². The summed E-state index contributed by atoms with van der Waals surface area (Å²) in [6.07, 6.45) is 5.68. The molecule has 2 saturated heterocycles. The Labute approximate surface area is 50.5 Å². The van der Waals surface area contributed by atoms with E-state index in [-0.39, 0.29) is 0 Å². The van der Waals surface area contributed by atoms with E-state index >= 15 is 0 Å². The lowest BCUT2D eigenvalue weighted by molar-refractivity contribution is 0.426. The summed E-state index contributed by atoms with van der Waals surface area (Å²) in [5, 5.41) is 3.60. The van der Waals surface area contributed by atoms with Gasteiger partial charge in [0.15, 0.2) is 0 Å². The smallest absolute Gasteiger partial charge is 0.0157 e. The molecule has 2 bridgehead atoms. The van der Waals surface area contributed by atoms with Crippen LogP contribution in [-0.4, -0.2) is 11.6 Å². The molecule has 2 rings (SSSR count). The SMILES string of the molecule is CC12CCC(CC1)N2. The van der Waals surface area contributed by atoms with E-state index in [9.17, 15) is 0 Å². The van der Waals surface area contributed by atoms with Crippen molar-refractivity contribution in [3.63, 3.8) is 0 Å². The van der Waals surface area contributed by atoms with Crippen LogP contribution in [0.1, 0.15) is 32.6 Å². The average molecular weight is 111 g/mol. The molecule has 0 radical (unpaired) electrons. The minimum atomic E-state index is 0.560. The molecule has 0 aliphatic carbocycles. The number of hydrogen-bond donors (Lipinski definition) is 1. The molecule has 2 heterocycles. The molecule has 0 aromatic carbocycles. The summed E-state index contributed by atoms with van der Waals surface area (Å²) in [4.78, 5) is 0. The Morgan fingerprint density at radius 1 is 1.38 bits per heavy atom. The molecule has 46 valence electrons. The molecule has 0 atom stereocenters. The maximum atomic E-state index is 3.60. The maximum Gasteiger partial charge on any atom is 0.0157 e. The second kappa shape index (κ2) is 1.27. The zero-order chi connectivity index (χ0) is 5.61. The fourth-order valence-corrected chi connectivity index (χ4v) is 2.04. The molecular formula is C7H13N. The summed E-state index contributed by atoms with van der Waals surface area (Å²) < 4.78 is 0. The summed E-state index contributed by atoms with van der Waals surface area (Å²) in [6.45, 7) is 2.35. The molecule has 1 N–H and O–H groups in total. The second-order valence-corrected chi connectivity index (χ2v) is 3.48. The van der Waals surface area contributed by atoms with Crippen molar-refractivity contribution >= 4 is 0 Å². The van der Waals surface area contributed by atoms with Crippen molar-refractivity contribution < 1.29 is 0 Å². The van der Waals surface area contributed by atoms with Crippen molar-refractivity contribution in [1.82, 2.24) is 5.32 Å². The Morgan fingerprint density at radius 3 is 2.12 bits per heavy atom. The Bertz CT molecular complexity index is 101. The molecule has 1 heteroatoms. The third-order valence-corrected chi connectivity index (χ3v) is 2.64. The molecule has 0 aromatic heterocycles. The lowest BCUT2D eigenvalue weighted by atomic mass is 9.90. The normalized spacial score (nSPS) is 52.9. The van der Waals surface area contributed by atoms with Crippen LogP contribution in [0, 0.1) is 0 Å². The van der Waals surface area contributed by atoms with Gasteiger partial charge < -0.3 is 5.32 Å². The van der Waals surface area contributed by atoms with Crippen LogP contribution in [0.25, 0.3) is 0 Å². The Kier molecular flexibility index (Phi) is 0.762. The van der Waals surface area contributed by atoms with Crippen LogP contribution in [0.5, 0.6) is 0 Å². The van der Waals surface area contributed by atoms with Gasteiger partial charge in [0, 0.05) is 11.6 Å². The molecule has 2 aliphatic heterocycles. The third-order valence-electron chi connectivity index (χ3n) is 2.64. The number of nitrogens with one attached hydrogen (secondary N) is 1. The Morgan fingerprint density at radius 2 is 2.00 bits per heavy atom. The van der Waals surface area contributed by atoms with E-state index in [1.807, 2.05) is 0 Å². The van der Waals surface area contributed by atoms with Crippen LogP contribution in [0.4, 0.5) is 0 Å². The molecular weight excluding hydrogens is 98.1 g/mol. The van der Waals surface area contributed by atoms with E-state index in [0.29, 0.717) is 5.54 Å². The van der Waals surface area contributed by atoms with Crippen LogP contribution in [-0.2, 0) is 0 Å². The zero-order valence-corrected chi connectivity index (χ0v) is 5.41. The first-order valence-corrected chi connectivity index (χ1v) is 3.56. The fraction of sp³-hybridized carbons (Fsp3) is 1.00. The van der Waals surface area contributed by atoms with Gasteiger partial charge in [-0.15, -0.1) is 0 Å². The van der Waals surface area contributed by atoms with E-state index in [2.05, 4.69) is 12.2 Å². The van der Waals surface area contributed by atoms with E-state index in [1.54, 1.807) is 0 Å². The number of hydrogen-bond acceptors (Lipinski definition) is 1.